The molecule has 2 aromatic carbocycles. The van der Waals surface area contributed by atoms with Crippen LogP contribution in [0.1, 0.15) is 22.8 Å². The summed E-state index contributed by atoms with van der Waals surface area (Å²) in [7, 11) is 0. The maximum Gasteiger partial charge on any atom is 0.141 e. The van der Waals surface area contributed by atoms with Gasteiger partial charge in [-0.25, -0.2) is 0 Å². The van der Waals surface area contributed by atoms with E-state index in [-0.39, 0.29) is 11.9 Å². The molecule has 0 aliphatic carbocycles. The van der Waals surface area contributed by atoms with E-state index >= 15 is 0 Å². The van der Waals surface area contributed by atoms with Crippen molar-refractivity contribution < 1.29 is 9.53 Å². The third kappa shape index (κ3) is 4.41. The lowest BCUT2D eigenvalue weighted by Crippen LogP contribution is -2.33. The minimum absolute atomic E-state index is 0.108. The van der Waals surface area contributed by atoms with Gasteiger partial charge in [-0.2, -0.15) is 0 Å². The van der Waals surface area contributed by atoms with Gasteiger partial charge in [0.15, 0.2) is 0 Å². The molecule has 1 aliphatic rings. The summed E-state index contributed by atoms with van der Waals surface area (Å²) in [6.07, 6.45) is 0.906. The number of benzene rings is 2. The van der Waals surface area contributed by atoms with Crippen molar-refractivity contribution in [3.05, 3.63) is 70.2 Å². The van der Waals surface area contributed by atoms with E-state index in [1.807, 2.05) is 36.4 Å². The molecule has 1 N–H and O–H groups in total. The van der Waals surface area contributed by atoms with Crippen LogP contribution in [0.3, 0.4) is 0 Å². The Morgan fingerprint density at radius 3 is 2.61 bits per heavy atom. The lowest BCUT2D eigenvalue weighted by atomic mass is 10.0. The molecule has 1 fully saturated rings. The Balaban J connectivity index is 1.59. The number of nitrogens with one attached hydrogen (secondary N) is 1. The maximum atomic E-state index is 12.2. The summed E-state index contributed by atoms with van der Waals surface area (Å²) in [5, 5.41) is 3.97. The van der Waals surface area contributed by atoms with Crippen LogP contribution < -0.4 is 5.32 Å². The zero-order chi connectivity index (χ0) is 16.1. The molecule has 1 atom stereocenters. The minimum atomic E-state index is 0.108. The third-order valence-electron chi connectivity index (χ3n) is 4.03. The first-order chi connectivity index (χ1) is 11.2. The van der Waals surface area contributed by atoms with Crippen molar-refractivity contribution in [2.24, 2.45) is 0 Å². The molecule has 1 unspecified atom stereocenters. The fourth-order valence-electron chi connectivity index (χ4n) is 2.77. The minimum Gasteiger partial charge on any atom is -0.371 e. The highest BCUT2D eigenvalue weighted by Gasteiger charge is 2.15. The van der Waals surface area contributed by atoms with Crippen molar-refractivity contribution in [3.8, 4) is 0 Å². The van der Waals surface area contributed by atoms with E-state index < -0.39 is 0 Å². The molecule has 120 valence electrons. The average molecular weight is 330 g/mol. The van der Waals surface area contributed by atoms with Crippen LogP contribution in [0.25, 0.3) is 0 Å². The fraction of sp³-hybridized carbons (Fsp3) is 0.316. The Morgan fingerprint density at radius 2 is 1.91 bits per heavy atom. The second kappa shape index (κ2) is 7.73. The Kier molecular flexibility index (Phi) is 5.44. The van der Waals surface area contributed by atoms with Gasteiger partial charge in [-0.3, -0.25) is 4.79 Å². The van der Waals surface area contributed by atoms with Crippen molar-refractivity contribution >= 4 is 17.4 Å². The standard InChI is InChI=1S/C19H20ClNO2/c20-18-4-2-1-3-16(18)12-17(22)11-14-5-7-15(8-6-14)19-13-21-9-10-23-19/h1-8,19,21H,9-13H2. The van der Waals surface area contributed by atoms with E-state index in [1.165, 1.54) is 0 Å². The highest BCUT2D eigenvalue weighted by molar-refractivity contribution is 6.31. The summed E-state index contributed by atoms with van der Waals surface area (Å²) in [6.45, 7) is 2.48. The predicted octanol–water partition coefficient (Wildman–Crippen LogP) is 3.36. The van der Waals surface area contributed by atoms with E-state index in [0.717, 1.165) is 36.4 Å². The first-order valence-electron chi connectivity index (χ1n) is 7.88. The molecule has 0 spiro atoms. The SMILES string of the molecule is O=C(Cc1ccc(C2CNCCO2)cc1)Cc1ccccc1Cl. The Bertz CT molecular complexity index is 663. The second-order valence-electron chi connectivity index (χ2n) is 5.79. The van der Waals surface area contributed by atoms with Crippen molar-refractivity contribution in [1.29, 1.82) is 0 Å². The molecule has 0 bridgehead atoms. The number of ether oxygens (including phenoxy) is 1. The summed E-state index contributed by atoms with van der Waals surface area (Å²) in [5.74, 6) is 0.168. The van der Waals surface area contributed by atoms with Crippen molar-refractivity contribution in [1.82, 2.24) is 5.32 Å². The largest absolute Gasteiger partial charge is 0.371 e. The Morgan fingerprint density at radius 1 is 1.13 bits per heavy atom. The van der Waals surface area contributed by atoms with E-state index in [9.17, 15) is 4.79 Å². The van der Waals surface area contributed by atoms with Gasteiger partial charge in [-0.1, -0.05) is 54.1 Å². The van der Waals surface area contributed by atoms with Crippen LogP contribution in [-0.4, -0.2) is 25.5 Å². The van der Waals surface area contributed by atoms with Crippen LogP contribution in [0.2, 0.25) is 5.02 Å². The monoisotopic (exact) mass is 329 g/mol. The normalized spacial score (nSPS) is 17.9. The second-order valence-corrected chi connectivity index (χ2v) is 6.20. The highest BCUT2D eigenvalue weighted by atomic mass is 35.5. The molecule has 0 amide bonds. The number of hydrogen-bond donors (Lipinski definition) is 1. The Hall–Kier alpha value is -1.68. The zero-order valence-electron chi connectivity index (χ0n) is 12.9. The van der Waals surface area contributed by atoms with E-state index in [4.69, 9.17) is 16.3 Å². The number of halogens is 1. The van der Waals surface area contributed by atoms with Crippen LogP contribution in [-0.2, 0) is 22.4 Å². The van der Waals surface area contributed by atoms with E-state index in [2.05, 4.69) is 17.4 Å². The first-order valence-corrected chi connectivity index (χ1v) is 8.26. The number of carbonyl (C=O) groups is 1. The number of carbonyl (C=O) groups excluding carboxylic acids is 1. The molecule has 0 radical (unpaired) electrons. The smallest absolute Gasteiger partial charge is 0.141 e. The molecule has 1 saturated heterocycles. The van der Waals surface area contributed by atoms with Crippen molar-refractivity contribution in [3.63, 3.8) is 0 Å². The molecule has 1 heterocycles. The van der Waals surface area contributed by atoms with Crippen LogP contribution in [0.4, 0.5) is 0 Å². The van der Waals surface area contributed by atoms with Crippen LogP contribution in [0, 0.1) is 0 Å². The lowest BCUT2D eigenvalue weighted by molar-refractivity contribution is -0.117. The van der Waals surface area contributed by atoms with Gasteiger partial charge in [0.05, 0.1) is 12.7 Å². The molecular weight excluding hydrogens is 310 g/mol. The van der Waals surface area contributed by atoms with Crippen molar-refractivity contribution in [2.75, 3.05) is 19.7 Å². The van der Waals surface area contributed by atoms with Gasteiger partial charge < -0.3 is 10.1 Å². The van der Waals surface area contributed by atoms with Crippen LogP contribution in [0.5, 0.6) is 0 Å². The highest BCUT2D eigenvalue weighted by Crippen LogP contribution is 2.20. The predicted molar refractivity (Wildman–Crippen MR) is 91.9 cm³/mol. The molecule has 0 saturated carbocycles. The summed E-state index contributed by atoms with van der Waals surface area (Å²) >= 11 is 6.11. The van der Waals surface area contributed by atoms with Crippen LogP contribution >= 0.6 is 11.6 Å². The Labute approximate surface area is 141 Å². The quantitative estimate of drug-likeness (QED) is 0.914. The van der Waals surface area contributed by atoms with Crippen LogP contribution in [0.15, 0.2) is 48.5 Å². The summed E-state index contributed by atoms with van der Waals surface area (Å²) in [6, 6.07) is 15.6. The number of hydrogen-bond acceptors (Lipinski definition) is 3. The molecule has 3 nitrogen and oxygen atoms in total. The summed E-state index contributed by atoms with van der Waals surface area (Å²) in [4.78, 5) is 12.2. The topological polar surface area (TPSA) is 38.3 Å². The summed E-state index contributed by atoms with van der Waals surface area (Å²) in [5.41, 5.74) is 3.06. The number of ketones is 1. The molecular formula is C19H20ClNO2. The molecule has 1 aliphatic heterocycles. The average Bonchev–Trinajstić information content (AvgIpc) is 2.58. The third-order valence-corrected chi connectivity index (χ3v) is 4.39. The summed E-state index contributed by atoms with van der Waals surface area (Å²) < 4.78 is 5.73. The number of Topliss-reactive ketones (excluding diaryl/α,β-unsaturated/α-hetero) is 1. The van der Waals surface area contributed by atoms with E-state index in [0.29, 0.717) is 17.9 Å². The maximum absolute atomic E-state index is 12.2. The van der Waals surface area contributed by atoms with E-state index in [1.54, 1.807) is 0 Å². The van der Waals surface area contributed by atoms with Crippen molar-refractivity contribution in [2.45, 2.75) is 18.9 Å². The van der Waals surface area contributed by atoms with Gasteiger partial charge >= 0.3 is 0 Å². The molecule has 4 heteroatoms. The van der Waals surface area contributed by atoms with Gasteiger partial charge in [-0.05, 0) is 22.8 Å². The first kappa shape index (κ1) is 16.2. The number of rotatable bonds is 5. The van der Waals surface area contributed by atoms with Gasteiger partial charge in [0, 0.05) is 31.0 Å². The van der Waals surface area contributed by atoms with Gasteiger partial charge in [0.1, 0.15) is 5.78 Å². The fourth-order valence-corrected chi connectivity index (χ4v) is 2.98. The van der Waals surface area contributed by atoms with Gasteiger partial charge in [-0.15, -0.1) is 0 Å². The molecule has 23 heavy (non-hydrogen) atoms. The molecule has 2 aromatic rings. The lowest BCUT2D eigenvalue weighted by Gasteiger charge is -2.24. The molecule has 3 rings (SSSR count). The zero-order valence-corrected chi connectivity index (χ0v) is 13.7. The molecule has 0 aromatic heterocycles. The van der Waals surface area contributed by atoms with Gasteiger partial charge in [0.25, 0.3) is 0 Å². The van der Waals surface area contributed by atoms with Gasteiger partial charge in [0.2, 0.25) is 0 Å². The number of morpholine rings is 1.